The maximum Gasteiger partial charge on any atom is 0.335 e. The van der Waals surface area contributed by atoms with Gasteiger partial charge in [-0.05, 0) is 35.9 Å². The molecule has 0 unspecified atom stereocenters. The van der Waals surface area contributed by atoms with E-state index in [-0.39, 0.29) is 0 Å². The number of aromatic nitrogens is 1. The van der Waals surface area contributed by atoms with Gasteiger partial charge in [-0.25, -0.2) is 4.79 Å². The summed E-state index contributed by atoms with van der Waals surface area (Å²) in [7, 11) is 1.66. The molecule has 2 aromatic carbocycles. The molecule has 106 valence electrons. The minimum Gasteiger partial charge on any atom is -0.496 e. The van der Waals surface area contributed by atoms with E-state index in [2.05, 4.69) is 4.57 Å². The third kappa shape index (κ3) is 2.48. The SMILES string of the molecule is COc1cccc2c1ccn2Cc1cccc(C(=O)O)c1. The summed E-state index contributed by atoms with van der Waals surface area (Å²) in [5, 5.41) is 10.1. The zero-order valence-corrected chi connectivity index (χ0v) is 11.6. The lowest BCUT2D eigenvalue weighted by molar-refractivity contribution is 0.0696. The monoisotopic (exact) mass is 281 g/mol. The Bertz CT molecular complexity index is 805. The molecule has 0 fully saturated rings. The third-order valence-electron chi connectivity index (χ3n) is 3.52. The van der Waals surface area contributed by atoms with Crippen LogP contribution < -0.4 is 4.74 Å². The van der Waals surface area contributed by atoms with Gasteiger partial charge in [0.2, 0.25) is 0 Å². The fourth-order valence-corrected chi connectivity index (χ4v) is 2.51. The molecule has 4 heteroatoms. The van der Waals surface area contributed by atoms with Gasteiger partial charge in [-0.15, -0.1) is 0 Å². The number of benzene rings is 2. The number of hydrogen-bond donors (Lipinski definition) is 1. The number of carbonyl (C=O) groups is 1. The number of ether oxygens (including phenoxy) is 1. The van der Waals surface area contributed by atoms with Crippen molar-refractivity contribution in [1.29, 1.82) is 0 Å². The van der Waals surface area contributed by atoms with Crippen molar-refractivity contribution >= 4 is 16.9 Å². The lowest BCUT2D eigenvalue weighted by Crippen LogP contribution is -2.01. The molecule has 0 radical (unpaired) electrons. The first kappa shape index (κ1) is 13.2. The highest BCUT2D eigenvalue weighted by Gasteiger charge is 2.07. The second kappa shape index (κ2) is 5.32. The van der Waals surface area contributed by atoms with E-state index in [9.17, 15) is 4.79 Å². The summed E-state index contributed by atoms with van der Waals surface area (Å²) in [5.41, 5.74) is 2.33. The largest absolute Gasteiger partial charge is 0.496 e. The molecule has 3 rings (SSSR count). The predicted octanol–water partition coefficient (Wildman–Crippen LogP) is 3.40. The molecule has 0 aliphatic rings. The summed E-state index contributed by atoms with van der Waals surface area (Å²) in [4.78, 5) is 11.0. The second-order valence-corrected chi connectivity index (χ2v) is 4.84. The van der Waals surface area contributed by atoms with Gasteiger partial charge in [0, 0.05) is 18.1 Å². The summed E-state index contributed by atoms with van der Waals surface area (Å²) >= 11 is 0. The minimum atomic E-state index is -0.907. The van der Waals surface area contributed by atoms with Gasteiger partial charge in [0.25, 0.3) is 0 Å². The normalized spacial score (nSPS) is 10.7. The lowest BCUT2D eigenvalue weighted by Gasteiger charge is -2.08. The van der Waals surface area contributed by atoms with Gasteiger partial charge in [-0.1, -0.05) is 18.2 Å². The van der Waals surface area contributed by atoms with Crippen LogP contribution in [0.25, 0.3) is 10.9 Å². The van der Waals surface area contributed by atoms with Crippen LogP contribution in [0.4, 0.5) is 0 Å². The minimum absolute atomic E-state index is 0.307. The Morgan fingerprint density at radius 1 is 1.19 bits per heavy atom. The van der Waals surface area contributed by atoms with Crippen LogP contribution >= 0.6 is 0 Å². The molecule has 21 heavy (non-hydrogen) atoms. The van der Waals surface area contributed by atoms with Crippen molar-refractivity contribution in [2.24, 2.45) is 0 Å². The van der Waals surface area contributed by atoms with Gasteiger partial charge >= 0.3 is 5.97 Å². The van der Waals surface area contributed by atoms with Crippen molar-refractivity contribution in [2.45, 2.75) is 6.54 Å². The van der Waals surface area contributed by atoms with Crippen LogP contribution in [0.2, 0.25) is 0 Å². The van der Waals surface area contributed by atoms with Gasteiger partial charge in [-0.3, -0.25) is 0 Å². The Hall–Kier alpha value is -2.75. The van der Waals surface area contributed by atoms with E-state index in [1.54, 1.807) is 25.3 Å². The van der Waals surface area contributed by atoms with E-state index >= 15 is 0 Å². The summed E-state index contributed by atoms with van der Waals surface area (Å²) in [5.74, 6) is -0.0681. The number of carboxylic acid groups (broad SMARTS) is 1. The molecule has 0 saturated carbocycles. The molecule has 0 aliphatic heterocycles. The lowest BCUT2D eigenvalue weighted by atomic mass is 10.1. The van der Waals surface area contributed by atoms with E-state index in [1.165, 1.54) is 0 Å². The number of rotatable bonds is 4. The van der Waals surface area contributed by atoms with Crippen LogP contribution in [0, 0.1) is 0 Å². The number of aromatic carboxylic acids is 1. The van der Waals surface area contributed by atoms with E-state index in [0.29, 0.717) is 12.1 Å². The molecule has 1 N–H and O–H groups in total. The number of fused-ring (bicyclic) bond motifs is 1. The first-order valence-electron chi connectivity index (χ1n) is 6.63. The van der Waals surface area contributed by atoms with Gasteiger partial charge < -0.3 is 14.4 Å². The molecule has 0 saturated heterocycles. The highest BCUT2D eigenvalue weighted by molar-refractivity contribution is 5.88. The molecule has 0 spiro atoms. The average molecular weight is 281 g/mol. The summed E-state index contributed by atoms with van der Waals surface area (Å²) in [6, 6.07) is 14.9. The van der Waals surface area contributed by atoms with Crippen molar-refractivity contribution < 1.29 is 14.6 Å². The van der Waals surface area contributed by atoms with Crippen LogP contribution in [-0.4, -0.2) is 22.8 Å². The molecule has 0 aliphatic carbocycles. The molecule has 1 aromatic heterocycles. The fourth-order valence-electron chi connectivity index (χ4n) is 2.51. The smallest absolute Gasteiger partial charge is 0.335 e. The number of methoxy groups -OCH3 is 1. The van der Waals surface area contributed by atoms with Gasteiger partial charge in [0.05, 0.1) is 18.2 Å². The van der Waals surface area contributed by atoms with Crippen molar-refractivity contribution in [3.05, 3.63) is 65.9 Å². The van der Waals surface area contributed by atoms with E-state index in [1.807, 2.05) is 36.5 Å². The first-order valence-corrected chi connectivity index (χ1v) is 6.63. The number of carboxylic acids is 1. The van der Waals surface area contributed by atoms with Crippen molar-refractivity contribution in [2.75, 3.05) is 7.11 Å². The fraction of sp³-hybridized carbons (Fsp3) is 0.118. The summed E-state index contributed by atoms with van der Waals surface area (Å²) in [6.45, 7) is 0.623. The van der Waals surface area contributed by atoms with Gasteiger partial charge in [-0.2, -0.15) is 0 Å². The molecule has 3 aromatic rings. The van der Waals surface area contributed by atoms with Gasteiger partial charge in [0.15, 0.2) is 0 Å². The van der Waals surface area contributed by atoms with Crippen LogP contribution in [-0.2, 0) is 6.54 Å². The van der Waals surface area contributed by atoms with Crippen LogP contribution in [0.5, 0.6) is 5.75 Å². The maximum atomic E-state index is 11.0. The van der Waals surface area contributed by atoms with Crippen LogP contribution in [0.3, 0.4) is 0 Å². The van der Waals surface area contributed by atoms with E-state index in [4.69, 9.17) is 9.84 Å². The molecular formula is C17H15NO3. The number of hydrogen-bond acceptors (Lipinski definition) is 2. The standard InChI is InChI=1S/C17H15NO3/c1-21-16-7-3-6-15-14(16)8-9-18(15)11-12-4-2-5-13(10-12)17(19)20/h2-10H,11H2,1H3,(H,19,20). The summed E-state index contributed by atoms with van der Waals surface area (Å²) < 4.78 is 7.43. The topological polar surface area (TPSA) is 51.5 Å². The highest BCUT2D eigenvalue weighted by Crippen LogP contribution is 2.26. The quantitative estimate of drug-likeness (QED) is 0.797. The average Bonchev–Trinajstić information content (AvgIpc) is 2.90. The van der Waals surface area contributed by atoms with E-state index in [0.717, 1.165) is 22.2 Å². The molecule has 0 amide bonds. The Labute approximate surface area is 122 Å². The Morgan fingerprint density at radius 3 is 2.76 bits per heavy atom. The van der Waals surface area contributed by atoms with Crippen molar-refractivity contribution in [1.82, 2.24) is 4.57 Å². The van der Waals surface area contributed by atoms with Crippen LogP contribution in [0.15, 0.2) is 54.7 Å². The van der Waals surface area contributed by atoms with Crippen LogP contribution in [0.1, 0.15) is 15.9 Å². The predicted molar refractivity (Wildman–Crippen MR) is 81.0 cm³/mol. The molecule has 0 bridgehead atoms. The molecule has 4 nitrogen and oxygen atoms in total. The molecule has 1 heterocycles. The Kier molecular flexibility index (Phi) is 3.36. The van der Waals surface area contributed by atoms with Crippen molar-refractivity contribution in [3.8, 4) is 5.75 Å². The van der Waals surface area contributed by atoms with Gasteiger partial charge in [0.1, 0.15) is 5.75 Å². The second-order valence-electron chi connectivity index (χ2n) is 4.84. The van der Waals surface area contributed by atoms with Crippen molar-refractivity contribution in [3.63, 3.8) is 0 Å². The zero-order valence-electron chi connectivity index (χ0n) is 11.6. The highest BCUT2D eigenvalue weighted by atomic mass is 16.5. The molecular weight excluding hydrogens is 266 g/mol. The first-order chi connectivity index (χ1) is 10.2. The third-order valence-corrected chi connectivity index (χ3v) is 3.52. The Morgan fingerprint density at radius 2 is 2.00 bits per heavy atom. The Balaban J connectivity index is 1.99. The van der Waals surface area contributed by atoms with E-state index < -0.39 is 5.97 Å². The summed E-state index contributed by atoms with van der Waals surface area (Å²) in [6.07, 6.45) is 1.99. The zero-order chi connectivity index (χ0) is 14.8. The molecule has 0 atom stereocenters. The maximum absolute atomic E-state index is 11.0. The number of nitrogens with zero attached hydrogens (tertiary/aromatic N) is 1.